The highest BCUT2D eigenvalue weighted by atomic mass is 16.4. The molecule has 23 heavy (non-hydrogen) atoms. The molecule has 0 atom stereocenters. The summed E-state index contributed by atoms with van der Waals surface area (Å²) in [4.78, 5) is 23.1. The molecule has 0 saturated carbocycles. The molecule has 0 N–H and O–H groups in total. The minimum absolute atomic E-state index is 0.289. The van der Waals surface area contributed by atoms with Gasteiger partial charge in [-0.15, -0.1) is 0 Å². The lowest BCUT2D eigenvalue weighted by Crippen LogP contribution is -2.35. The SMILES string of the molecule is Cc1ncc2c(n1)CCN(CCn1c(=O)oc3ccccc31)C2. The van der Waals surface area contributed by atoms with Crippen LogP contribution in [0.5, 0.6) is 0 Å². The van der Waals surface area contributed by atoms with Crippen molar-refractivity contribution < 1.29 is 4.42 Å². The van der Waals surface area contributed by atoms with Gasteiger partial charge in [0.05, 0.1) is 5.52 Å². The molecule has 1 aliphatic heterocycles. The molecule has 3 aromatic rings. The van der Waals surface area contributed by atoms with Crippen molar-refractivity contribution in [3.63, 3.8) is 0 Å². The second-order valence-electron chi connectivity index (χ2n) is 5.90. The number of rotatable bonds is 3. The van der Waals surface area contributed by atoms with E-state index >= 15 is 0 Å². The molecular weight excluding hydrogens is 292 g/mol. The monoisotopic (exact) mass is 310 g/mol. The summed E-state index contributed by atoms with van der Waals surface area (Å²) in [6, 6.07) is 7.54. The van der Waals surface area contributed by atoms with Crippen molar-refractivity contribution in [2.75, 3.05) is 13.1 Å². The number of hydrogen-bond donors (Lipinski definition) is 0. The van der Waals surface area contributed by atoms with E-state index in [1.807, 2.05) is 37.4 Å². The molecule has 1 aromatic carbocycles. The predicted molar refractivity (Wildman–Crippen MR) is 86.2 cm³/mol. The highest BCUT2D eigenvalue weighted by molar-refractivity contribution is 5.72. The molecule has 1 aliphatic rings. The molecule has 6 heteroatoms. The average Bonchev–Trinajstić information content (AvgIpc) is 2.88. The van der Waals surface area contributed by atoms with Crippen molar-refractivity contribution in [3.8, 4) is 0 Å². The van der Waals surface area contributed by atoms with Crippen molar-refractivity contribution in [2.45, 2.75) is 26.4 Å². The summed E-state index contributed by atoms with van der Waals surface area (Å²) in [7, 11) is 0. The summed E-state index contributed by atoms with van der Waals surface area (Å²) in [5, 5.41) is 0. The van der Waals surface area contributed by atoms with E-state index in [4.69, 9.17) is 4.42 Å². The minimum Gasteiger partial charge on any atom is -0.408 e. The highest BCUT2D eigenvalue weighted by Crippen LogP contribution is 2.17. The second-order valence-corrected chi connectivity index (χ2v) is 5.90. The molecule has 0 fully saturated rings. The van der Waals surface area contributed by atoms with Crippen LogP contribution in [0.15, 0.2) is 39.7 Å². The van der Waals surface area contributed by atoms with E-state index in [0.717, 1.165) is 43.1 Å². The van der Waals surface area contributed by atoms with Crippen molar-refractivity contribution in [1.29, 1.82) is 0 Å². The van der Waals surface area contributed by atoms with Crippen LogP contribution in [0.4, 0.5) is 0 Å². The minimum atomic E-state index is -0.289. The topological polar surface area (TPSA) is 64.2 Å². The number of oxazole rings is 1. The molecule has 0 aliphatic carbocycles. The Morgan fingerprint density at radius 3 is 3.04 bits per heavy atom. The van der Waals surface area contributed by atoms with E-state index in [2.05, 4.69) is 14.9 Å². The number of benzene rings is 1. The van der Waals surface area contributed by atoms with E-state index in [9.17, 15) is 4.79 Å². The van der Waals surface area contributed by atoms with Crippen molar-refractivity contribution in [3.05, 3.63) is 58.1 Å². The third-order valence-corrected chi connectivity index (χ3v) is 4.35. The van der Waals surface area contributed by atoms with Gasteiger partial charge in [-0.1, -0.05) is 12.1 Å². The van der Waals surface area contributed by atoms with Gasteiger partial charge in [0.1, 0.15) is 5.82 Å². The Morgan fingerprint density at radius 1 is 1.26 bits per heavy atom. The van der Waals surface area contributed by atoms with Crippen LogP contribution in [0.25, 0.3) is 11.1 Å². The average molecular weight is 310 g/mol. The lowest BCUT2D eigenvalue weighted by molar-refractivity contribution is 0.239. The first-order valence-electron chi connectivity index (χ1n) is 7.83. The third-order valence-electron chi connectivity index (χ3n) is 4.35. The Balaban J connectivity index is 1.50. The Bertz CT molecular complexity index is 912. The van der Waals surface area contributed by atoms with E-state index < -0.39 is 0 Å². The fourth-order valence-electron chi connectivity index (χ4n) is 3.13. The maximum Gasteiger partial charge on any atom is 0.419 e. The first-order chi connectivity index (χ1) is 11.2. The maximum atomic E-state index is 12.0. The van der Waals surface area contributed by atoms with Gasteiger partial charge in [-0.2, -0.15) is 0 Å². The molecule has 4 rings (SSSR count). The first kappa shape index (κ1) is 14.1. The Morgan fingerprint density at radius 2 is 2.13 bits per heavy atom. The van der Waals surface area contributed by atoms with Crippen LogP contribution in [-0.4, -0.2) is 32.5 Å². The standard InChI is InChI=1S/C17H18N4O2/c1-12-18-10-13-11-20(7-6-14(13)19-12)8-9-21-15-4-2-3-5-16(15)23-17(21)22/h2-5,10H,6-9,11H2,1H3. The maximum absolute atomic E-state index is 12.0. The van der Waals surface area contributed by atoms with E-state index in [1.54, 1.807) is 4.57 Å². The van der Waals surface area contributed by atoms with Crippen LogP contribution in [0.2, 0.25) is 0 Å². The number of fused-ring (bicyclic) bond motifs is 2. The first-order valence-corrected chi connectivity index (χ1v) is 7.83. The van der Waals surface area contributed by atoms with Crippen molar-refractivity contribution in [1.82, 2.24) is 19.4 Å². The predicted octanol–water partition coefficient (Wildman–Crippen LogP) is 1.75. The quantitative estimate of drug-likeness (QED) is 0.737. The van der Waals surface area contributed by atoms with Gasteiger partial charge in [0, 0.05) is 50.1 Å². The molecule has 6 nitrogen and oxygen atoms in total. The molecule has 118 valence electrons. The Labute approximate surface area is 133 Å². The van der Waals surface area contributed by atoms with Crippen LogP contribution in [0.1, 0.15) is 17.1 Å². The van der Waals surface area contributed by atoms with E-state index in [1.165, 1.54) is 5.56 Å². The molecular formula is C17H18N4O2. The van der Waals surface area contributed by atoms with Crippen LogP contribution in [-0.2, 0) is 19.5 Å². The van der Waals surface area contributed by atoms with Crippen LogP contribution >= 0.6 is 0 Å². The molecule has 3 heterocycles. The summed E-state index contributed by atoms with van der Waals surface area (Å²) >= 11 is 0. The van der Waals surface area contributed by atoms with Gasteiger partial charge < -0.3 is 4.42 Å². The third kappa shape index (κ3) is 2.66. The summed E-state index contributed by atoms with van der Waals surface area (Å²) in [6.07, 6.45) is 2.85. The van der Waals surface area contributed by atoms with Gasteiger partial charge in [-0.05, 0) is 19.1 Å². The largest absolute Gasteiger partial charge is 0.419 e. The van der Waals surface area contributed by atoms with Crippen molar-refractivity contribution >= 4 is 11.1 Å². The fourth-order valence-corrected chi connectivity index (χ4v) is 3.13. The van der Waals surface area contributed by atoms with Gasteiger partial charge in [0.15, 0.2) is 5.58 Å². The van der Waals surface area contributed by atoms with E-state index in [0.29, 0.717) is 12.1 Å². The molecule has 0 spiro atoms. The molecule has 0 saturated heterocycles. The number of hydrogen-bond acceptors (Lipinski definition) is 5. The highest BCUT2D eigenvalue weighted by Gasteiger charge is 2.18. The zero-order chi connectivity index (χ0) is 15.8. The van der Waals surface area contributed by atoms with Crippen molar-refractivity contribution in [2.24, 2.45) is 0 Å². The number of para-hydroxylation sites is 2. The zero-order valence-corrected chi connectivity index (χ0v) is 13.0. The lowest BCUT2D eigenvalue weighted by atomic mass is 10.1. The number of nitrogens with zero attached hydrogens (tertiary/aromatic N) is 4. The second kappa shape index (κ2) is 5.62. The van der Waals surface area contributed by atoms with Gasteiger partial charge in [0.2, 0.25) is 0 Å². The van der Waals surface area contributed by atoms with Gasteiger partial charge >= 0.3 is 5.76 Å². The molecule has 2 aromatic heterocycles. The molecule has 0 radical (unpaired) electrons. The van der Waals surface area contributed by atoms with Crippen LogP contribution < -0.4 is 5.76 Å². The normalized spacial score (nSPS) is 15.0. The molecule has 0 bridgehead atoms. The van der Waals surface area contributed by atoms with Gasteiger partial charge in [0.25, 0.3) is 0 Å². The molecule has 0 unspecified atom stereocenters. The summed E-state index contributed by atoms with van der Waals surface area (Å²) in [5.41, 5.74) is 3.84. The fraction of sp³-hybridized carbons (Fsp3) is 0.353. The molecule has 0 amide bonds. The van der Waals surface area contributed by atoms with Crippen LogP contribution in [0, 0.1) is 6.92 Å². The lowest BCUT2D eigenvalue weighted by Gasteiger charge is -2.27. The van der Waals surface area contributed by atoms with Gasteiger partial charge in [-0.25, -0.2) is 14.8 Å². The van der Waals surface area contributed by atoms with Gasteiger partial charge in [-0.3, -0.25) is 9.47 Å². The smallest absolute Gasteiger partial charge is 0.408 e. The summed E-state index contributed by atoms with van der Waals surface area (Å²) in [5.74, 6) is 0.538. The summed E-state index contributed by atoms with van der Waals surface area (Å²) < 4.78 is 6.98. The number of aromatic nitrogens is 3. The Kier molecular flexibility index (Phi) is 3.46. The van der Waals surface area contributed by atoms with E-state index in [-0.39, 0.29) is 5.76 Å². The summed E-state index contributed by atoms with van der Waals surface area (Å²) in [6.45, 7) is 5.13. The van der Waals surface area contributed by atoms with Crippen LogP contribution in [0.3, 0.4) is 0 Å². The Hall–Kier alpha value is -2.47. The zero-order valence-electron chi connectivity index (χ0n) is 13.0. The number of aryl methyl sites for hydroxylation is 1.